The van der Waals surface area contributed by atoms with Crippen molar-refractivity contribution in [3.8, 4) is 0 Å². The van der Waals surface area contributed by atoms with Gasteiger partial charge < -0.3 is 9.64 Å². The zero-order chi connectivity index (χ0) is 21.4. The number of hydrogen-bond acceptors (Lipinski definition) is 4. The first-order valence-electron chi connectivity index (χ1n) is 11.0. The highest BCUT2D eigenvalue weighted by molar-refractivity contribution is 5.69. The predicted molar refractivity (Wildman–Crippen MR) is 113 cm³/mol. The minimum atomic E-state index is -0.240. The Balaban J connectivity index is 1.26. The molecule has 5 nitrogen and oxygen atoms in total. The van der Waals surface area contributed by atoms with Crippen LogP contribution >= 0.6 is 0 Å². The first-order valence-corrected chi connectivity index (χ1v) is 11.0. The van der Waals surface area contributed by atoms with E-state index in [2.05, 4.69) is 9.80 Å². The van der Waals surface area contributed by atoms with Gasteiger partial charge in [-0.05, 0) is 47.4 Å². The average Bonchev–Trinajstić information content (AvgIpc) is 3.36. The Morgan fingerprint density at radius 3 is 2.32 bits per heavy atom. The molecule has 2 aromatic carbocycles. The van der Waals surface area contributed by atoms with Crippen LogP contribution in [-0.4, -0.2) is 73.2 Å². The molecular formula is C24H27F2N3O2. The van der Waals surface area contributed by atoms with Gasteiger partial charge in [0.25, 0.3) is 0 Å². The number of benzene rings is 2. The van der Waals surface area contributed by atoms with Crippen LogP contribution in [-0.2, 0) is 4.74 Å². The van der Waals surface area contributed by atoms with E-state index in [4.69, 9.17) is 4.74 Å². The zero-order valence-electron chi connectivity index (χ0n) is 17.5. The fourth-order valence-electron chi connectivity index (χ4n) is 5.17. The molecule has 2 saturated heterocycles. The van der Waals surface area contributed by atoms with Crippen LogP contribution in [0.15, 0.2) is 42.5 Å². The Morgan fingerprint density at radius 2 is 1.61 bits per heavy atom. The van der Waals surface area contributed by atoms with Gasteiger partial charge in [0.15, 0.2) is 0 Å². The van der Waals surface area contributed by atoms with Crippen molar-refractivity contribution in [2.75, 3.05) is 52.4 Å². The molecule has 0 aromatic heterocycles. The van der Waals surface area contributed by atoms with E-state index in [-0.39, 0.29) is 29.7 Å². The third kappa shape index (κ3) is 4.16. The molecule has 2 aliphatic heterocycles. The van der Waals surface area contributed by atoms with Gasteiger partial charge in [0.2, 0.25) is 0 Å². The van der Waals surface area contributed by atoms with Crippen molar-refractivity contribution in [3.05, 3.63) is 70.8 Å². The van der Waals surface area contributed by atoms with Crippen LogP contribution in [0.2, 0.25) is 0 Å². The standard InChI is InChI=1S/C24H27F2N3O2/c25-18-3-1-17(2-4-18)21-16-23(22-15-19(26)5-6-20(21)22)28-10-7-27(8-11-28)9-12-29-13-14-31-24(29)30/h1-6,15,21,23H,7-14,16H2. The third-order valence-electron chi connectivity index (χ3n) is 6.89. The van der Waals surface area contributed by atoms with Crippen molar-refractivity contribution >= 4 is 6.09 Å². The lowest BCUT2D eigenvalue weighted by Crippen LogP contribution is -2.49. The number of carbonyl (C=O) groups is 1. The topological polar surface area (TPSA) is 36.0 Å². The summed E-state index contributed by atoms with van der Waals surface area (Å²) in [5, 5.41) is 0. The van der Waals surface area contributed by atoms with Gasteiger partial charge in [-0.2, -0.15) is 0 Å². The number of rotatable bonds is 5. The van der Waals surface area contributed by atoms with Gasteiger partial charge in [0.1, 0.15) is 18.2 Å². The zero-order valence-corrected chi connectivity index (χ0v) is 17.5. The first kappa shape index (κ1) is 20.4. The Kier molecular flexibility index (Phi) is 5.63. The molecule has 1 amide bonds. The monoisotopic (exact) mass is 427 g/mol. The number of carbonyl (C=O) groups excluding carboxylic acids is 1. The molecule has 2 fully saturated rings. The number of amides is 1. The predicted octanol–water partition coefficient (Wildman–Crippen LogP) is 3.61. The first-order chi connectivity index (χ1) is 15.1. The molecule has 164 valence electrons. The van der Waals surface area contributed by atoms with E-state index in [1.807, 2.05) is 18.2 Å². The Hall–Kier alpha value is -2.51. The second-order valence-electron chi connectivity index (χ2n) is 8.61. The maximum Gasteiger partial charge on any atom is 0.409 e. The molecule has 0 radical (unpaired) electrons. The summed E-state index contributed by atoms with van der Waals surface area (Å²) in [7, 11) is 0. The van der Waals surface area contributed by atoms with Crippen LogP contribution in [0.5, 0.6) is 0 Å². The van der Waals surface area contributed by atoms with Gasteiger partial charge in [0, 0.05) is 51.2 Å². The van der Waals surface area contributed by atoms with Crippen molar-refractivity contribution in [1.82, 2.24) is 14.7 Å². The summed E-state index contributed by atoms with van der Waals surface area (Å²) in [5.41, 5.74) is 3.28. The lowest BCUT2D eigenvalue weighted by atomic mass is 9.93. The lowest BCUT2D eigenvalue weighted by molar-refractivity contribution is 0.0892. The summed E-state index contributed by atoms with van der Waals surface area (Å²) >= 11 is 0. The molecule has 0 spiro atoms. The van der Waals surface area contributed by atoms with E-state index >= 15 is 0 Å². The second kappa shape index (κ2) is 8.55. The molecular weight excluding hydrogens is 400 g/mol. The largest absolute Gasteiger partial charge is 0.448 e. The number of halogens is 2. The van der Waals surface area contributed by atoms with Crippen LogP contribution < -0.4 is 0 Å². The van der Waals surface area contributed by atoms with E-state index < -0.39 is 0 Å². The van der Waals surface area contributed by atoms with Crippen molar-refractivity contribution in [2.45, 2.75) is 18.4 Å². The number of nitrogens with zero attached hydrogens (tertiary/aromatic N) is 3. The number of cyclic esters (lactones) is 1. The van der Waals surface area contributed by atoms with Crippen LogP contribution in [0, 0.1) is 11.6 Å². The SMILES string of the molecule is O=C1OCCN1CCN1CCN(C2CC(c3ccc(F)cc3)c3ccc(F)cc32)CC1. The van der Waals surface area contributed by atoms with Crippen molar-refractivity contribution < 1.29 is 18.3 Å². The number of fused-ring (bicyclic) bond motifs is 1. The molecule has 5 rings (SSSR count). The summed E-state index contributed by atoms with van der Waals surface area (Å²) in [5.74, 6) is -0.295. The van der Waals surface area contributed by atoms with Gasteiger partial charge in [-0.25, -0.2) is 13.6 Å². The highest BCUT2D eigenvalue weighted by Gasteiger charge is 2.37. The maximum absolute atomic E-state index is 14.1. The van der Waals surface area contributed by atoms with Gasteiger partial charge >= 0.3 is 6.09 Å². The number of piperazine rings is 1. The second-order valence-corrected chi connectivity index (χ2v) is 8.61. The molecule has 0 saturated carbocycles. The van der Waals surface area contributed by atoms with Crippen molar-refractivity contribution in [3.63, 3.8) is 0 Å². The van der Waals surface area contributed by atoms with Gasteiger partial charge in [-0.15, -0.1) is 0 Å². The Bertz CT molecular complexity index is 944. The highest BCUT2D eigenvalue weighted by Crippen LogP contribution is 2.47. The number of ether oxygens (including phenoxy) is 1. The maximum atomic E-state index is 14.1. The Morgan fingerprint density at radius 1 is 0.871 bits per heavy atom. The van der Waals surface area contributed by atoms with Crippen molar-refractivity contribution in [1.29, 1.82) is 0 Å². The summed E-state index contributed by atoms with van der Waals surface area (Å²) in [6.45, 7) is 6.35. The van der Waals surface area contributed by atoms with Gasteiger partial charge in [0.05, 0.1) is 6.54 Å². The van der Waals surface area contributed by atoms with E-state index in [9.17, 15) is 13.6 Å². The molecule has 7 heteroatoms. The smallest absolute Gasteiger partial charge is 0.409 e. The molecule has 2 aromatic rings. The van der Waals surface area contributed by atoms with Crippen LogP contribution in [0.3, 0.4) is 0 Å². The van der Waals surface area contributed by atoms with E-state index in [0.717, 1.165) is 55.8 Å². The summed E-state index contributed by atoms with van der Waals surface area (Å²) in [6.07, 6.45) is 0.666. The molecule has 2 unspecified atom stereocenters. The summed E-state index contributed by atoms with van der Waals surface area (Å²) < 4.78 is 32.5. The molecule has 3 aliphatic rings. The van der Waals surface area contributed by atoms with Gasteiger partial charge in [-0.1, -0.05) is 18.2 Å². The Labute approximate surface area is 181 Å². The van der Waals surface area contributed by atoms with Crippen LogP contribution in [0.25, 0.3) is 0 Å². The van der Waals surface area contributed by atoms with E-state index in [1.54, 1.807) is 11.0 Å². The van der Waals surface area contributed by atoms with E-state index in [0.29, 0.717) is 19.7 Å². The normalized spacial score (nSPS) is 24.5. The highest BCUT2D eigenvalue weighted by atomic mass is 19.1. The minimum Gasteiger partial charge on any atom is -0.448 e. The molecule has 31 heavy (non-hydrogen) atoms. The van der Waals surface area contributed by atoms with Crippen molar-refractivity contribution in [2.24, 2.45) is 0 Å². The molecule has 0 N–H and O–H groups in total. The lowest BCUT2D eigenvalue weighted by Gasteiger charge is -2.38. The summed E-state index contributed by atoms with van der Waals surface area (Å²) in [6, 6.07) is 11.9. The fourth-order valence-corrected chi connectivity index (χ4v) is 5.17. The van der Waals surface area contributed by atoms with Gasteiger partial charge in [-0.3, -0.25) is 9.80 Å². The van der Waals surface area contributed by atoms with Crippen LogP contribution in [0.1, 0.15) is 35.1 Å². The minimum absolute atomic E-state index is 0.153. The molecule has 1 aliphatic carbocycles. The molecule has 0 bridgehead atoms. The van der Waals surface area contributed by atoms with E-state index in [1.165, 1.54) is 18.2 Å². The molecule has 2 heterocycles. The third-order valence-corrected chi connectivity index (χ3v) is 6.89. The quantitative estimate of drug-likeness (QED) is 0.731. The summed E-state index contributed by atoms with van der Waals surface area (Å²) in [4.78, 5) is 18.2. The average molecular weight is 427 g/mol. The fraction of sp³-hybridized carbons (Fsp3) is 0.458. The number of hydrogen-bond donors (Lipinski definition) is 0. The van der Waals surface area contributed by atoms with Crippen LogP contribution in [0.4, 0.5) is 13.6 Å². The molecule has 2 atom stereocenters.